The molecule has 8 aromatic carbocycles. The number of hydrogen-bond acceptors (Lipinski definition) is 1. The molecular weight excluding hydrogens is 963 g/mol. The van der Waals surface area contributed by atoms with Crippen molar-refractivity contribution in [2.24, 2.45) is 5.92 Å². The van der Waals surface area contributed by atoms with Gasteiger partial charge in [-0.3, -0.25) is 0 Å². The van der Waals surface area contributed by atoms with E-state index in [1.165, 1.54) is 123 Å². The third-order valence-electron chi connectivity index (χ3n) is 19.2. The van der Waals surface area contributed by atoms with Gasteiger partial charge in [-0.2, -0.15) is 0 Å². The Kier molecular flexibility index (Phi) is 12.2. The summed E-state index contributed by atoms with van der Waals surface area (Å²) in [5, 5.41) is 0. The lowest BCUT2D eigenvalue weighted by atomic mass is 9.60. The highest BCUT2D eigenvalue weighted by molar-refractivity contribution is 5.91. The van der Waals surface area contributed by atoms with E-state index in [0.29, 0.717) is 0 Å². The van der Waals surface area contributed by atoms with Crippen LogP contribution in [0.3, 0.4) is 0 Å². The molecule has 0 N–H and O–H groups in total. The highest BCUT2D eigenvalue weighted by Gasteiger charge is 2.50. The molecular formula is C79H69N. The van der Waals surface area contributed by atoms with E-state index in [9.17, 15) is 0 Å². The molecule has 1 nitrogen and oxygen atoms in total. The van der Waals surface area contributed by atoms with Crippen LogP contribution in [0.4, 0.5) is 11.4 Å². The predicted molar refractivity (Wildman–Crippen MR) is 339 cm³/mol. The fourth-order valence-corrected chi connectivity index (χ4v) is 15.1. The van der Waals surface area contributed by atoms with Gasteiger partial charge in [-0.1, -0.05) is 245 Å². The molecule has 0 amide bonds. The number of hydrogen-bond donors (Lipinski definition) is 0. The minimum absolute atomic E-state index is 0.116. The van der Waals surface area contributed by atoms with Crippen LogP contribution >= 0.6 is 0 Å². The topological polar surface area (TPSA) is 3.24 Å². The van der Waals surface area contributed by atoms with Crippen LogP contribution in [0.15, 0.2) is 260 Å². The molecule has 0 saturated carbocycles. The van der Waals surface area contributed by atoms with Crippen LogP contribution < -0.4 is 4.90 Å². The van der Waals surface area contributed by atoms with Gasteiger partial charge in [0, 0.05) is 33.2 Å². The van der Waals surface area contributed by atoms with Gasteiger partial charge in [0.1, 0.15) is 0 Å². The number of fused-ring (bicyclic) bond motifs is 5. The van der Waals surface area contributed by atoms with Crippen LogP contribution in [0.1, 0.15) is 115 Å². The van der Waals surface area contributed by atoms with Gasteiger partial charge in [0.15, 0.2) is 0 Å². The molecule has 0 spiro atoms. The Morgan fingerprint density at radius 2 is 1.18 bits per heavy atom. The Hall–Kier alpha value is -8.52. The minimum Gasteiger partial charge on any atom is -0.310 e. The molecule has 0 radical (unpaired) electrons. The molecule has 0 fully saturated rings. The third kappa shape index (κ3) is 7.95. The monoisotopic (exact) mass is 1030 g/mol. The first-order chi connectivity index (χ1) is 39.1. The summed E-state index contributed by atoms with van der Waals surface area (Å²) in [4.78, 5) is 2.51. The Bertz CT molecular complexity index is 4060. The summed E-state index contributed by atoms with van der Waals surface area (Å²) in [5.74, 6) is 0.277. The molecule has 390 valence electrons. The zero-order valence-electron chi connectivity index (χ0n) is 46.9. The van der Waals surface area contributed by atoms with Gasteiger partial charge in [0.05, 0.1) is 5.69 Å². The number of rotatable bonds is 10. The second-order valence-electron chi connectivity index (χ2n) is 23.9. The van der Waals surface area contributed by atoms with Crippen molar-refractivity contribution in [3.05, 3.63) is 316 Å². The van der Waals surface area contributed by atoms with Crippen LogP contribution in [-0.2, 0) is 16.2 Å². The summed E-state index contributed by atoms with van der Waals surface area (Å²) >= 11 is 0. The van der Waals surface area contributed by atoms with Gasteiger partial charge >= 0.3 is 0 Å². The van der Waals surface area contributed by atoms with Gasteiger partial charge in [-0.05, 0) is 188 Å². The Balaban J connectivity index is 0.783. The zero-order valence-corrected chi connectivity index (χ0v) is 46.9. The van der Waals surface area contributed by atoms with Crippen molar-refractivity contribution in [1.82, 2.24) is 0 Å². The molecule has 8 aromatic rings. The average Bonchev–Trinajstić information content (AvgIpc) is 3.70. The van der Waals surface area contributed by atoms with E-state index in [0.717, 1.165) is 38.5 Å². The molecule has 6 aliphatic carbocycles. The van der Waals surface area contributed by atoms with E-state index < -0.39 is 0 Å². The number of benzene rings is 8. The van der Waals surface area contributed by atoms with Crippen molar-refractivity contribution in [2.75, 3.05) is 4.90 Å². The summed E-state index contributed by atoms with van der Waals surface area (Å²) < 4.78 is 0. The van der Waals surface area contributed by atoms with E-state index in [2.05, 4.69) is 288 Å². The van der Waals surface area contributed by atoms with Gasteiger partial charge in [0.25, 0.3) is 0 Å². The molecule has 1 heteroatoms. The standard InChI is InChI=1S/C79H69N/c1-53-63(58-40-44-60(45-41-58)79(59-42-38-56(39-43-59)55-22-8-6-9-23-55)73-34-17-13-28-68(73)69-29-14-18-35-74(69)79)30-20-31-64(53)65-32-21-36-71(54(65)2)78(5)50-48-61(49-51-78)80(76-37-19-15-26-66(76)57-24-10-7-11-25-57)62-46-47-70-67-27-12-16-33-72(67)77(3,4)75(70)52-62/h6-8,10-17,19-22,24-34,36-44,46-50,52,60H,9,18,23,35,45,51H2,1-5H3. The molecule has 3 atom stereocenters. The smallest absolute Gasteiger partial charge is 0.0539 e. The van der Waals surface area contributed by atoms with Gasteiger partial charge in [0.2, 0.25) is 0 Å². The predicted octanol–water partition coefficient (Wildman–Crippen LogP) is 20.7. The second kappa shape index (κ2) is 19.7. The third-order valence-corrected chi connectivity index (χ3v) is 19.2. The van der Waals surface area contributed by atoms with Gasteiger partial charge in [-0.15, -0.1) is 0 Å². The molecule has 14 rings (SSSR count). The Morgan fingerprint density at radius 3 is 1.94 bits per heavy atom. The zero-order chi connectivity index (χ0) is 54.2. The SMILES string of the molecule is Cc1c(C2=CCC(C3(c4ccc(C5=CC=CCC5)cc4)C4=C(C=CCC4)c4ccccc43)C=C2)cccc1-c1cccc(C2(C)C=CC(N(c3ccc4c(c3)C(C)(C)c3ccccc3-4)c3ccccc3-c3ccccc3)=CC2)c1C. The molecule has 80 heavy (non-hydrogen) atoms. The molecule has 0 saturated heterocycles. The highest BCUT2D eigenvalue weighted by atomic mass is 15.1. The van der Waals surface area contributed by atoms with Crippen molar-refractivity contribution in [2.45, 2.75) is 89.4 Å². The lowest BCUT2D eigenvalue weighted by molar-refractivity contribution is 0.436. The number of allylic oxidation sites excluding steroid dienone is 15. The van der Waals surface area contributed by atoms with E-state index in [-0.39, 0.29) is 22.2 Å². The van der Waals surface area contributed by atoms with Crippen LogP contribution in [0.2, 0.25) is 0 Å². The fourth-order valence-electron chi connectivity index (χ4n) is 15.1. The van der Waals surface area contributed by atoms with Crippen LogP contribution in [0.5, 0.6) is 0 Å². The average molecular weight is 1030 g/mol. The van der Waals surface area contributed by atoms with E-state index in [1.54, 1.807) is 5.57 Å². The first-order valence-corrected chi connectivity index (χ1v) is 29.3. The van der Waals surface area contributed by atoms with Gasteiger partial charge in [-0.25, -0.2) is 0 Å². The second-order valence-corrected chi connectivity index (χ2v) is 23.9. The summed E-state index contributed by atoms with van der Waals surface area (Å²) in [6, 6.07) is 68.8. The maximum Gasteiger partial charge on any atom is 0.0539 e. The number of para-hydroxylation sites is 1. The summed E-state index contributed by atoms with van der Waals surface area (Å²) in [6.07, 6.45) is 32.7. The lowest BCUT2D eigenvalue weighted by Gasteiger charge is -2.42. The quantitative estimate of drug-likeness (QED) is 0.132. The van der Waals surface area contributed by atoms with Crippen LogP contribution in [0.25, 0.3) is 50.1 Å². The summed E-state index contributed by atoms with van der Waals surface area (Å²) in [6.45, 7) is 11.9. The van der Waals surface area contributed by atoms with Crippen molar-refractivity contribution < 1.29 is 0 Å². The normalized spacial score (nSPS) is 21.1. The Labute approximate surface area is 474 Å². The molecule has 3 unspecified atom stereocenters. The van der Waals surface area contributed by atoms with Crippen LogP contribution in [-0.4, -0.2) is 0 Å². The minimum atomic E-state index is -0.237. The van der Waals surface area contributed by atoms with Crippen LogP contribution in [0, 0.1) is 19.8 Å². The molecule has 0 aliphatic heterocycles. The van der Waals surface area contributed by atoms with E-state index >= 15 is 0 Å². The van der Waals surface area contributed by atoms with E-state index in [4.69, 9.17) is 0 Å². The number of anilines is 2. The van der Waals surface area contributed by atoms with Crippen molar-refractivity contribution in [3.8, 4) is 33.4 Å². The largest absolute Gasteiger partial charge is 0.310 e. The number of nitrogens with zero attached hydrogens (tertiary/aromatic N) is 1. The molecule has 6 aliphatic rings. The summed E-state index contributed by atoms with van der Waals surface area (Å²) in [7, 11) is 0. The fraction of sp³-hybridized carbons (Fsp3) is 0.190. The maximum absolute atomic E-state index is 2.57. The summed E-state index contributed by atoms with van der Waals surface area (Å²) in [5.41, 5.74) is 30.2. The lowest BCUT2D eigenvalue weighted by Crippen LogP contribution is -2.37. The Morgan fingerprint density at radius 1 is 0.500 bits per heavy atom. The first-order valence-electron chi connectivity index (χ1n) is 29.3. The van der Waals surface area contributed by atoms with Crippen molar-refractivity contribution >= 4 is 28.1 Å². The molecule has 0 bridgehead atoms. The molecule has 0 aromatic heterocycles. The highest BCUT2D eigenvalue weighted by Crippen LogP contribution is 2.60. The van der Waals surface area contributed by atoms with Crippen molar-refractivity contribution in [1.29, 1.82) is 0 Å². The van der Waals surface area contributed by atoms with E-state index in [1.807, 2.05) is 0 Å². The molecule has 0 heterocycles. The first kappa shape index (κ1) is 49.8. The van der Waals surface area contributed by atoms with Gasteiger partial charge < -0.3 is 4.90 Å². The van der Waals surface area contributed by atoms with Crippen molar-refractivity contribution in [3.63, 3.8) is 0 Å². The maximum atomic E-state index is 2.57.